The van der Waals surface area contributed by atoms with Gasteiger partial charge in [-0.25, -0.2) is 0 Å². The molecule has 0 unspecified atom stereocenters. The first kappa shape index (κ1) is 20.9. The standard InChI is InChI=1S/C24H27N3O2.ClH/c1-27-15-18(16-7-4-6-10-20(16)27)23(28)26-21-17-8-3-5-9-19(17)24(22(21)29-2)11-13-25-14-12-24;/h3-10,15,21-22,25H,11-14H2,1-2H3,(H,26,28);1H/t21-,22+;/m1./s1. The second-order valence-electron chi connectivity index (χ2n) is 8.27. The number of carbonyl (C=O) groups excluding carboxylic acids is 1. The first-order valence-electron chi connectivity index (χ1n) is 10.3. The van der Waals surface area contributed by atoms with Gasteiger partial charge in [0.15, 0.2) is 0 Å². The highest BCUT2D eigenvalue weighted by Crippen LogP contribution is 2.51. The van der Waals surface area contributed by atoms with E-state index in [9.17, 15) is 4.79 Å². The van der Waals surface area contributed by atoms with Gasteiger partial charge in [-0.2, -0.15) is 0 Å². The molecule has 2 aliphatic rings. The lowest BCUT2D eigenvalue weighted by atomic mass is 9.72. The van der Waals surface area contributed by atoms with Crippen LogP contribution in [0.1, 0.15) is 40.4 Å². The highest BCUT2D eigenvalue weighted by atomic mass is 35.5. The van der Waals surface area contributed by atoms with Crippen molar-refractivity contribution < 1.29 is 9.53 Å². The maximum atomic E-state index is 13.4. The first-order valence-corrected chi connectivity index (χ1v) is 10.3. The van der Waals surface area contributed by atoms with E-state index in [1.165, 1.54) is 11.1 Å². The number of halogens is 1. The SMILES string of the molecule is CO[C@H]1[C@H](NC(=O)c2cn(C)c3ccccc23)c2ccccc2C12CCNCC2.Cl. The molecule has 0 radical (unpaired) electrons. The summed E-state index contributed by atoms with van der Waals surface area (Å²) in [4.78, 5) is 13.4. The van der Waals surface area contributed by atoms with Gasteiger partial charge in [-0.1, -0.05) is 42.5 Å². The fraction of sp³-hybridized carbons (Fsp3) is 0.375. The van der Waals surface area contributed by atoms with Gasteiger partial charge in [0.2, 0.25) is 0 Å². The molecule has 1 amide bonds. The van der Waals surface area contributed by atoms with Crippen LogP contribution in [0.5, 0.6) is 0 Å². The Morgan fingerprint density at radius 1 is 1.13 bits per heavy atom. The van der Waals surface area contributed by atoms with E-state index in [0.29, 0.717) is 5.56 Å². The normalized spacial score (nSPS) is 21.9. The molecule has 2 N–H and O–H groups in total. The second-order valence-corrected chi connectivity index (χ2v) is 8.27. The number of para-hydroxylation sites is 1. The van der Waals surface area contributed by atoms with Gasteiger partial charge >= 0.3 is 0 Å². The number of nitrogens with one attached hydrogen (secondary N) is 2. The third kappa shape index (κ3) is 3.04. The number of benzene rings is 2. The van der Waals surface area contributed by atoms with Crippen molar-refractivity contribution in [1.82, 2.24) is 15.2 Å². The van der Waals surface area contributed by atoms with Gasteiger partial charge < -0.3 is 19.9 Å². The molecule has 1 aromatic heterocycles. The maximum Gasteiger partial charge on any atom is 0.254 e. The number of carbonyl (C=O) groups is 1. The van der Waals surface area contributed by atoms with E-state index in [-0.39, 0.29) is 35.9 Å². The number of piperidine rings is 1. The lowest BCUT2D eigenvalue weighted by Crippen LogP contribution is -2.49. The van der Waals surface area contributed by atoms with Gasteiger partial charge in [0.1, 0.15) is 0 Å². The third-order valence-corrected chi connectivity index (χ3v) is 6.86. The van der Waals surface area contributed by atoms with Crippen LogP contribution < -0.4 is 10.6 Å². The van der Waals surface area contributed by atoms with E-state index < -0.39 is 0 Å². The Labute approximate surface area is 183 Å². The summed E-state index contributed by atoms with van der Waals surface area (Å²) >= 11 is 0. The van der Waals surface area contributed by atoms with Crippen LogP contribution in [0.2, 0.25) is 0 Å². The Balaban J connectivity index is 0.00000218. The minimum atomic E-state index is -0.152. The van der Waals surface area contributed by atoms with Crippen molar-refractivity contribution in [2.75, 3.05) is 20.2 Å². The summed E-state index contributed by atoms with van der Waals surface area (Å²) in [6.45, 7) is 1.94. The van der Waals surface area contributed by atoms with Crippen molar-refractivity contribution in [1.29, 1.82) is 0 Å². The van der Waals surface area contributed by atoms with Crippen LogP contribution >= 0.6 is 12.4 Å². The van der Waals surface area contributed by atoms with Crippen LogP contribution in [0.15, 0.2) is 54.7 Å². The largest absolute Gasteiger partial charge is 0.378 e. The van der Waals surface area contributed by atoms with Gasteiger partial charge in [-0.05, 0) is 43.1 Å². The molecular formula is C24H28ClN3O2. The Hall–Kier alpha value is -2.34. The Morgan fingerprint density at radius 3 is 2.60 bits per heavy atom. The quantitative estimate of drug-likeness (QED) is 0.672. The molecule has 1 aliphatic carbocycles. The van der Waals surface area contributed by atoms with E-state index in [2.05, 4.69) is 34.9 Å². The fourth-order valence-corrected chi connectivity index (χ4v) is 5.54. The number of hydrogen-bond acceptors (Lipinski definition) is 3. The minimum Gasteiger partial charge on any atom is -0.378 e. The number of aryl methyl sites for hydroxylation is 1. The average molecular weight is 426 g/mol. The number of methoxy groups -OCH3 is 1. The van der Waals surface area contributed by atoms with Crippen LogP contribution in [0, 0.1) is 0 Å². The van der Waals surface area contributed by atoms with Crippen molar-refractivity contribution in [3.05, 3.63) is 71.4 Å². The Morgan fingerprint density at radius 2 is 1.83 bits per heavy atom. The van der Waals surface area contributed by atoms with E-state index >= 15 is 0 Å². The molecule has 2 atom stereocenters. The molecule has 1 spiro atoms. The molecule has 1 aliphatic heterocycles. The van der Waals surface area contributed by atoms with Crippen molar-refractivity contribution in [3.63, 3.8) is 0 Å². The molecule has 3 aromatic rings. The third-order valence-electron chi connectivity index (χ3n) is 6.86. The topological polar surface area (TPSA) is 55.3 Å². The predicted molar refractivity (Wildman–Crippen MR) is 121 cm³/mol. The number of nitrogens with zero attached hydrogens (tertiary/aromatic N) is 1. The van der Waals surface area contributed by atoms with Gasteiger partial charge in [0.25, 0.3) is 5.91 Å². The number of amides is 1. The molecule has 30 heavy (non-hydrogen) atoms. The molecule has 5 nitrogen and oxygen atoms in total. The molecule has 1 fully saturated rings. The van der Waals surface area contributed by atoms with E-state index in [1.54, 1.807) is 7.11 Å². The molecule has 2 aromatic carbocycles. The van der Waals surface area contributed by atoms with Crippen LogP contribution in [0.4, 0.5) is 0 Å². The summed E-state index contributed by atoms with van der Waals surface area (Å²) < 4.78 is 8.09. The lowest BCUT2D eigenvalue weighted by Gasteiger charge is -2.40. The van der Waals surface area contributed by atoms with Gasteiger partial charge in [-0.3, -0.25) is 4.79 Å². The monoisotopic (exact) mass is 425 g/mol. The van der Waals surface area contributed by atoms with Crippen molar-refractivity contribution in [3.8, 4) is 0 Å². The van der Waals surface area contributed by atoms with Crippen LogP contribution in [-0.2, 0) is 17.2 Å². The lowest BCUT2D eigenvalue weighted by molar-refractivity contribution is 0.00398. The number of rotatable bonds is 3. The predicted octanol–water partition coefficient (Wildman–Crippen LogP) is 3.72. The highest BCUT2D eigenvalue weighted by Gasteiger charge is 2.53. The number of fused-ring (bicyclic) bond motifs is 3. The minimum absolute atomic E-state index is 0. The number of aromatic nitrogens is 1. The smallest absolute Gasteiger partial charge is 0.254 e. The molecule has 6 heteroatoms. The molecule has 0 saturated carbocycles. The van der Waals surface area contributed by atoms with Crippen molar-refractivity contribution >= 4 is 29.2 Å². The average Bonchev–Trinajstić information content (AvgIpc) is 3.22. The summed E-state index contributed by atoms with van der Waals surface area (Å²) in [5.41, 5.74) is 4.24. The van der Waals surface area contributed by atoms with Crippen LogP contribution in [0.25, 0.3) is 10.9 Å². The molecule has 5 rings (SSSR count). The van der Waals surface area contributed by atoms with Gasteiger partial charge in [0, 0.05) is 36.7 Å². The highest BCUT2D eigenvalue weighted by molar-refractivity contribution is 6.07. The van der Waals surface area contributed by atoms with Gasteiger partial charge in [0.05, 0.1) is 17.7 Å². The zero-order valence-corrected chi connectivity index (χ0v) is 18.2. The Bertz CT molecular complexity index is 1070. The fourth-order valence-electron chi connectivity index (χ4n) is 5.54. The summed E-state index contributed by atoms with van der Waals surface area (Å²) in [5, 5.41) is 7.78. The van der Waals surface area contributed by atoms with E-state index in [4.69, 9.17) is 4.74 Å². The van der Waals surface area contributed by atoms with Crippen LogP contribution in [-0.4, -0.2) is 36.8 Å². The number of hydrogen-bond donors (Lipinski definition) is 2. The second kappa shape index (κ2) is 8.06. The van der Waals surface area contributed by atoms with Crippen molar-refractivity contribution in [2.24, 2.45) is 7.05 Å². The molecular weight excluding hydrogens is 398 g/mol. The van der Waals surface area contributed by atoms with E-state index in [0.717, 1.165) is 36.8 Å². The maximum absolute atomic E-state index is 13.4. The Kier molecular flexibility index (Phi) is 5.62. The summed E-state index contributed by atoms with van der Waals surface area (Å²) in [6, 6.07) is 16.4. The zero-order chi connectivity index (χ0) is 20.0. The zero-order valence-electron chi connectivity index (χ0n) is 17.4. The van der Waals surface area contributed by atoms with Gasteiger partial charge in [-0.15, -0.1) is 12.4 Å². The molecule has 158 valence electrons. The van der Waals surface area contributed by atoms with Crippen molar-refractivity contribution in [2.45, 2.75) is 30.4 Å². The first-order chi connectivity index (χ1) is 14.2. The summed E-state index contributed by atoms with van der Waals surface area (Å²) in [7, 11) is 3.75. The summed E-state index contributed by atoms with van der Waals surface area (Å²) in [5.74, 6) is -0.0466. The van der Waals surface area contributed by atoms with E-state index in [1.807, 2.05) is 42.1 Å². The number of ether oxygens (including phenoxy) is 1. The molecule has 2 heterocycles. The molecule has 1 saturated heterocycles. The van der Waals surface area contributed by atoms with Crippen LogP contribution in [0.3, 0.4) is 0 Å². The molecule has 0 bridgehead atoms. The summed E-state index contributed by atoms with van der Waals surface area (Å²) in [6.07, 6.45) is 3.89.